The highest BCUT2D eigenvalue weighted by Gasteiger charge is 2.11. The summed E-state index contributed by atoms with van der Waals surface area (Å²) in [6.45, 7) is 0. The van der Waals surface area contributed by atoms with Crippen LogP contribution in [0.4, 0.5) is 0 Å². The largest absolute Gasteiger partial charge is 0.324 e. The summed E-state index contributed by atoms with van der Waals surface area (Å²) < 4.78 is 1.07. The van der Waals surface area contributed by atoms with Crippen LogP contribution in [0.2, 0.25) is 0 Å². The van der Waals surface area contributed by atoms with Gasteiger partial charge in [-0.2, -0.15) is 4.80 Å². The first-order valence-electron chi connectivity index (χ1n) is 6.29. The van der Waals surface area contributed by atoms with Crippen LogP contribution in [0.5, 0.6) is 0 Å². The zero-order valence-corrected chi connectivity index (χ0v) is 12.6. The van der Waals surface area contributed by atoms with Crippen molar-refractivity contribution in [2.24, 2.45) is 12.8 Å². The number of nitrogens with two attached hydrogens (primary N) is 1. The molecule has 0 radical (unpaired) electrons. The fraction of sp³-hybridized carbons (Fsp3) is 0.214. The lowest BCUT2D eigenvalue weighted by atomic mass is 10.0. The number of fused-ring (bicyclic) bond motifs is 1. The van der Waals surface area contributed by atoms with Crippen molar-refractivity contribution in [2.45, 2.75) is 12.5 Å². The second kappa shape index (κ2) is 5.30. The highest BCUT2D eigenvalue weighted by atomic mass is 79.9. The van der Waals surface area contributed by atoms with Gasteiger partial charge in [0.1, 0.15) is 0 Å². The summed E-state index contributed by atoms with van der Waals surface area (Å²) in [5, 5.41) is 14.3. The molecule has 3 rings (SSSR count). The Morgan fingerprint density at radius 1 is 1.20 bits per heavy atom. The van der Waals surface area contributed by atoms with Crippen LogP contribution in [0, 0.1) is 0 Å². The van der Waals surface area contributed by atoms with Crippen molar-refractivity contribution in [1.82, 2.24) is 20.2 Å². The molecule has 20 heavy (non-hydrogen) atoms. The summed E-state index contributed by atoms with van der Waals surface area (Å²) in [6, 6.07) is 12.3. The molecule has 0 saturated carbocycles. The molecule has 102 valence electrons. The molecule has 1 heterocycles. The van der Waals surface area contributed by atoms with Crippen molar-refractivity contribution in [3.05, 3.63) is 52.3 Å². The van der Waals surface area contributed by atoms with Gasteiger partial charge in [-0.25, -0.2) is 0 Å². The van der Waals surface area contributed by atoms with Crippen LogP contribution in [0.3, 0.4) is 0 Å². The minimum Gasteiger partial charge on any atom is -0.324 e. The molecule has 1 unspecified atom stereocenters. The molecule has 2 N–H and O–H groups in total. The first-order valence-corrected chi connectivity index (χ1v) is 7.09. The van der Waals surface area contributed by atoms with Crippen molar-refractivity contribution in [1.29, 1.82) is 0 Å². The molecule has 0 saturated heterocycles. The minimum absolute atomic E-state index is 0.132. The number of hydrogen-bond donors (Lipinski definition) is 1. The van der Waals surface area contributed by atoms with Gasteiger partial charge >= 0.3 is 0 Å². The lowest BCUT2D eigenvalue weighted by molar-refractivity contribution is 0.622. The maximum absolute atomic E-state index is 6.23. The Labute approximate surface area is 124 Å². The van der Waals surface area contributed by atoms with Crippen molar-refractivity contribution in [3.8, 4) is 0 Å². The molecule has 0 aliphatic rings. The van der Waals surface area contributed by atoms with Crippen molar-refractivity contribution in [2.75, 3.05) is 0 Å². The van der Waals surface area contributed by atoms with Gasteiger partial charge < -0.3 is 5.73 Å². The molecule has 5 nitrogen and oxygen atoms in total. The summed E-state index contributed by atoms with van der Waals surface area (Å²) in [5.74, 6) is 0.663. The number of hydrogen-bond acceptors (Lipinski definition) is 4. The van der Waals surface area contributed by atoms with E-state index < -0.39 is 0 Å². The summed E-state index contributed by atoms with van der Waals surface area (Å²) in [5.41, 5.74) is 7.31. The Morgan fingerprint density at radius 3 is 2.70 bits per heavy atom. The van der Waals surface area contributed by atoms with Crippen LogP contribution >= 0.6 is 15.9 Å². The second-order valence-electron chi connectivity index (χ2n) is 4.76. The van der Waals surface area contributed by atoms with E-state index in [1.54, 1.807) is 7.05 Å². The van der Waals surface area contributed by atoms with Crippen molar-refractivity contribution < 1.29 is 0 Å². The summed E-state index contributed by atoms with van der Waals surface area (Å²) in [7, 11) is 1.75. The van der Waals surface area contributed by atoms with E-state index in [9.17, 15) is 0 Å². The van der Waals surface area contributed by atoms with Gasteiger partial charge in [0.25, 0.3) is 0 Å². The molecule has 3 aromatic rings. The quantitative estimate of drug-likeness (QED) is 0.799. The van der Waals surface area contributed by atoms with E-state index in [1.165, 1.54) is 15.6 Å². The lowest BCUT2D eigenvalue weighted by Crippen LogP contribution is -2.14. The molecule has 6 heteroatoms. The predicted molar refractivity (Wildman–Crippen MR) is 81.1 cm³/mol. The average Bonchev–Trinajstić information content (AvgIpc) is 2.83. The van der Waals surface area contributed by atoms with Crippen LogP contribution in [-0.4, -0.2) is 20.2 Å². The Hall–Kier alpha value is -1.79. The van der Waals surface area contributed by atoms with Crippen LogP contribution in [-0.2, 0) is 13.5 Å². The van der Waals surface area contributed by atoms with Gasteiger partial charge in [-0.05, 0) is 39.7 Å². The maximum Gasteiger partial charge on any atom is 0.176 e. The van der Waals surface area contributed by atoms with Gasteiger partial charge in [-0.3, -0.25) is 0 Å². The number of halogens is 1. The highest BCUT2D eigenvalue weighted by Crippen LogP contribution is 2.23. The van der Waals surface area contributed by atoms with Crippen LogP contribution < -0.4 is 5.73 Å². The van der Waals surface area contributed by atoms with Crippen molar-refractivity contribution in [3.63, 3.8) is 0 Å². The van der Waals surface area contributed by atoms with E-state index >= 15 is 0 Å². The van der Waals surface area contributed by atoms with E-state index in [0.717, 1.165) is 10.0 Å². The van der Waals surface area contributed by atoms with E-state index in [0.29, 0.717) is 12.2 Å². The first kappa shape index (κ1) is 13.2. The van der Waals surface area contributed by atoms with Gasteiger partial charge in [0, 0.05) is 16.9 Å². The molecule has 2 aromatic carbocycles. The first-order chi connectivity index (χ1) is 9.61. The highest BCUT2D eigenvalue weighted by molar-refractivity contribution is 9.10. The molecule has 0 amide bonds. The zero-order chi connectivity index (χ0) is 14.1. The average molecular weight is 332 g/mol. The Kier molecular flexibility index (Phi) is 3.50. The SMILES string of the molecule is Cn1nnc(CC(N)c2ccc3cc(Br)ccc3c2)n1. The Balaban J connectivity index is 1.87. The molecule has 1 atom stereocenters. The fourth-order valence-corrected chi connectivity index (χ4v) is 2.56. The number of aryl methyl sites for hydroxylation is 1. The lowest BCUT2D eigenvalue weighted by Gasteiger charge is -2.11. The fourth-order valence-electron chi connectivity index (χ4n) is 2.19. The molecule has 1 aromatic heterocycles. The zero-order valence-electron chi connectivity index (χ0n) is 11.0. The van der Waals surface area contributed by atoms with E-state index in [-0.39, 0.29) is 6.04 Å². The molecular weight excluding hydrogens is 318 g/mol. The second-order valence-corrected chi connectivity index (χ2v) is 5.67. The third-order valence-electron chi connectivity index (χ3n) is 3.21. The summed E-state index contributed by atoms with van der Waals surface area (Å²) in [4.78, 5) is 1.44. The van der Waals surface area contributed by atoms with Gasteiger partial charge in [-0.15, -0.1) is 10.2 Å². The Morgan fingerprint density at radius 2 is 1.95 bits per heavy atom. The van der Waals surface area contributed by atoms with Crippen LogP contribution in [0.25, 0.3) is 10.8 Å². The summed E-state index contributed by atoms with van der Waals surface area (Å²) in [6.07, 6.45) is 0.579. The third-order valence-corrected chi connectivity index (χ3v) is 3.70. The number of tetrazole rings is 1. The Bertz CT molecular complexity index is 752. The topological polar surface area (TPSA) is 69.6 Å². The smallest absolute Gasteiger partial charge is 0.176 e. The monoisotopic (exact) mass is 331 g/mol. The minimum atomic E-state index is -0.132. The van der Waals surface area contributed by atoms with Gasteiger partial charge in [0.2, 0.25) is 0 Å². The molecule has 0 spiro atoms. The van der Waals surface area contributed by atoms with E-state index in [1.807, 2.05) is 6.07 Å². The number of benzene rings is 2. The number of nitrogens with zero attached hydrogens (tertiary/aromatic N) is 4. The number of rotatable bonds is 3. The molecule has 0 aliphatic carbocycles. The molecule has 0 fully saturated rings. The van der Waals surface area contributed by atoms with Crippen LogP contribution in [0.15, 0.2) is 40.9 Å². The predicted octanol–water partition coefficient (Wildman–Crippen LogP) is 2.37. The molecule has 0 aliphatic heterocycles. The van der Waals surface area contributed by atoms with E-state index in [4.69, 9.17) is 5.73 Å². The third kappa shape index (κ3) is 2.71. The summed E-state index contributed by atoms with van der Waals surface area (Å²) >= 11 is 3.48. The number of aromatic nitrogens is 4. The van der Waals surface area contributed by atoms with Gasteiger partial charge in [0.15, 0.2) is 5.82 Å². The van der Waals surface area contributed by atoms with Gasteiger partial charge in [0.05, 0.1) is 7.05 Å². The molecular formula is C14H14BrN5. The normalized spacial score (nSPS) is 12.8. The molecule has 0 bridgehead atoms. The van der Waals surface area contributed by atoms with E-state index in [2.05, 4.69) is 61.7 Å². The maximum atomic E-state index is 6.23. The van der Waals surface area contributed by atoms with Crippen molar-refractivity contribution >= 4 is 26.7 Å². The standard InChI is InChI=1S/C14H14BrN5/c1-20-18-14(17-19-20)8-13(16)11-3-2-10-7-12(15)5-4-9(10)6-11/h2-7,13H,8,16H2,1H3. The van der Waals surface area contributed by atoms with Gasteiger partial charge in [-0.1, -0.05) is 34.1 Å². The van der Waals surface area contributed by atoms with Crippen LogP contribution in [0.1, 0.15) is 17.4 Å².